The maximum absolute atomic E-state index is 12.0. The summed E-state index contributed by atoms with van der Waals surface area (Å²) in [5.41, 5.74) is 0.224. The van der Waals surface area contributed by atoms with E-state index in [2.05, 4.69) is 5.32 Å². The highest BCUT2D eigenvalue weighted by molar-refractivity contribution is 6.33. The van der Waals surface area contributed by atoms with Gasteiger partial charge in [0.2, 0.25) is 0 Å². The van der Waals surface area contributed by atoms with Gasteiger partial charge in [-0.3, -0.25) is 14.9 Å². The maximum Gasteiger partial charge on any atom is 0.340 e. The first-order valence-corrected chi connectivity index (χ1v) is 8.20. The quantitative estimate of drug-likeness (QED) is 0.452. The summed E-state index contributed by atoms with van der Waals surface area (Å²) < 4.78 is 4.88. The van der Waals surface area contributed by atoms with Crippen LogP contribution in [0.15, 0.2) is 42.5 Å². The summed E-state index contributed by atoms with van der Waals surface area (Å²) in [5, 5.41) is 13.9. The summed E-state index contributed by atoms with van der Waals surface area (Å²) >= 11 is 11.9. The molecule has 1 amide bonds. The molecule has 7 nitrogen and oxygen atoms in total. The number of nitrogens with zero attached hydrogens (tertiary/aromatic N) is 1. The molecule has 0 saturated heterocycles. The van der Waals surface area contributed by atoms with E-state index in [1.54, 1.807) is 31.2 Å². The lowest BCUT2D eigenvalue weighted by Gasteiger charge is -2.15. The van der Waals surface area contributed by atoms with Crippen LogP contribution in [-0.2, 0) is 9.53 Å². The number of nitro benzene ring substituents is 1. The number of halogens is 2. The minimum atomic E-state index is -0.931. The Hall–Kier alpha value is -2.64. The van der Waals surface area contributed by atoms with Crippen LogP contribution in [0.1, 0.15) is 28.9 Å². The number of nitro groups is 1. The molecule has 0 radical (unpaired) electrons. The van der Waals surface area contributed by atoms with Gasteiger partial charge < -0.3 is 10.1 Å². The Morgan fingerprint density at radius 2 is 1.88 bits per heavy atom. The van der Waals surface area contributed by atoms with Crippen molar-refractivity contribution in [3.63, 3.8) is 0 Å². The van der Waals surface area contributed by atoms with Gasteiger partial charge in [-0.1, -0.05) is 41.4 Å². The number of hydrogen-bond donors (Lipinski definition) is 1. The lowest BCUT2D eigenvalue weighted by Crippen LogP contribution is -2.31. The highest BCUT2D eigenvalue weighted by atomic mass is 35.5. The number of hydrogen-bond acceptors (Lipinski definition) is 5. The maximum atomic E-state index is 12.0. The number of carbonyl (C=O) groups excluding carboxylic acids is 2. The molecular weight excluding hydrogens is 383 g/mol. The number of non-ortho nitro benzene ring substituents is 1. The van der Waals surface area contributed by atoms with Gasteiger partial charge >= 0.3 is 5.97 Å². The Balaban J connectivity index is 1.97. The summed E-state index contributed by atoms with van der Waals surface area (Å²) in [5.74, 6) is -1.48. The number of esters is 1. The van der Waals surface area contributed by atoms with Crippen LogP contribution in [0.5, 0.6) is 0 Å². The summed E-state index contributed by atoms with van der Waals surface area (Å²) in [4.78, 5) is 34.1. The van der Waals surface area contributed by atoms with Gasteiger partial charge in [-0.25, -0.2) is 4.79 Å². The van der Waals surface area contributed by atoms with E-state index in [0.717, 1.165) is 17.7 Å². The van der Waals surface area contributed by atoms with Crippen LogP contribution < -0.4 is 5.32 Å². The Kier molecular flexibility index (Phi) is 6.54. The van der Waals surface area contributed by atoms with E-state index in [1.165, 1.54) is 6.07 Å². The van der Waals surface area contributed by atoms with E-state index in [9.17, 15) is 19.7 Å². The molecule has 0 bridgehead atoms. The minimum Gasteiger partial charge on any atom is -0.452 e. The van der Waals surface area contributed by atoms with Crippen molar-refractivity contribution >= 4 is 40.8 Å². The molecule has 0 heterocycles. The van der Waals surface area contributed by atoms with Gasteiger partial charge in [0.15, 0.2) is 6.61 Å². The number of amides is 1. The molecule has 0 aliphatic carbocycles. The first kappa shape index (κ1) is 19.7. The van der Waals surface area contributed by atoms with Crippen LogP contribution in [0.2, 0.25) is 10.0 Å². The Labute approximate surface area is 159 Å². The predicted molar refractivity (Wildman–Crippen MR) is 96.4 cm³/mol. The molecule has 0 aromatic heterocycles. The van der Waals surface area contributed by atoms with Gasteiger partial charge in [0, 0.05) is 17.2 Å². The number of ether oxygens (including phenoxy) is 1. The SMILES string of the molecule is C[C@H](NC(=O)COC(=O)c1cc([N+](=O)[O-])ccc1Cl)c1ccccc1Cl. The molecule has 0 aliphatic heterocycles. The fourth-order valence-corrected chi connectivity index (χ4v) is 2.67. The summed E-state index contributed by atoms with van der Waals surface area (Å²) in [6, 6.07) is 10.0. The number of carbonyl (C=O) groups is 2. The van der Waals surface area contributed by atoms with E-state index in [0.29, 0.717) is 5.02 Å². The number of benzene rings is 2. The molecule has 9 heteroatoms. The molecule has 26 heavy (non-hydrogen) atoms. The van der Waals surface area contributed by atoms with Gasteiger partial charge in [-0.2, -0.15) is 0 Å². The molecule has 1 N–H and O–H groups in total. The average molecular weight is 397 g/mol. The van der Waals surface area contributed by atoms with Crippen molar-refractivity contribution in [3.05, 3.63) is 73.8 Å². The average Bonchev–Trinajstić information content (AvgIpc) is 2.60. The lowest BCUT2D eigenvalue weighted by molar-refractivity contribution is -0.384. The van der Waals surface area contributed by atoms with Crippen molar-refractivity contribution in [2.45, 2.75) is 13.0 Å². The van der Waals surface area contributed by atoms with E-state index in [-0.39, 0.29) is 16.3 Å². The minimum absolute atomic E-state index is 0.00885. The van der Waals surface area contributed by atoms with Gasteiger partial charge in [0.1, 0.15) is 0 Å². The third-order valence-electron chi connectivity index (χ3n) is 3.46. The van der Waals surface area contributed by atoms with Gasteiger partial charge in [-0.15, -0.1) is 0 Å². The Morgan fingerprint density at radius 1 is 1.19 bits per heavy atom. The van der Waals surface area contributed by atoms with Crippen LogP contribution in [-0.4, -0.2) is 23.4 Å². The molecule has 1 atom stereocenters. The molecule has 0 saturated carbocycles. The zero-order chi connectivity index (χ0) is 19.3. The van der Waals surface area contributed by atoms with Gasteiger partial charge in [0.25, 0.3) is 11.6 Å². The Morgan fingerprint density at radius 3 is 2.54 bits per heavy atom. The van der Waals surface area contributed by atoms with Crippen LogP contribution in [0.4, 0.5) is 5.69 Å². The van der Waals surface area contributed by atoms with E-state index >= 15 is 0 Å². The lowest BCUT2D eigenvalue weighted by atomic mass is 10.1. The third-order valence-corrected chi connectivity index (χ3v) is 4.14. The summed E-state index contributed by atoms with van der Waals surface area (Å²) in [6.07, 6.45) is 0. The summed E-state index contributed by atoms with van der Waals surface area (Å²) in [6.45, 7) is 1.17. The van der Waals surface area contributed by atoms with Crippen LogP contribution in [0, 0.1) is 10.1 Å². The predicted octanol–water partition coefficient (Wildman–Crippen LogP) is 3.94. The second-order valence-electron chi connectivity index (χ2n) is 5.31. The second-order valence-corrected chi connectivity index (χ2v) is 6.12. The van der Waals surface area contributed by atoms with Crippen molar-refractivity contribution in [3.8, 4) is 0 Å². The highest BCUT2D eigenvalue weighted by Crippen LogP contribution is 2.23. The monoisotopic (exact) mass is 396 g/mol. The van der Waals surface area contributed by atoms with E-state index in [1.807, 2.05) is 0 Å². The van der Waals surface area contributed by atoms with Gasteiger partial charge in [-0.05, 0) is 24.6 Å². The van der Waals surface area contributed by atoms with E-state index < -0.39 is 29.4 Å². The topological polar surface area (TPSA) is 98.5 Å². The fraction of sp³-hybridized carbons (Fsp3) is 0.176. The standard InChI is InChI=1S/C17H14Cl2N2O5/c1-10(12-4-2-3-5-14(12)18)20-16(22)9-26-17(23)13-8-11(21(24)25)6-7-15(13)19/h2-8,10H,9H2,1H3,(H,20,22)/t10-/m0/s1. The normalized spacial score (nSPS) is 11.5. The largest absolute Gasteiger partial charge is 0.452 e. The zero-order valence-electron chi connectivity index (χ0n) is 13.6. The molecule has 0 fully saturated rings. The second kappa shape index (κ2) is 8.64. The van der Waals surface area contributed by atoms with Crippen LogP contribution in [0.3, 0.4) is 0 Å². The first-order chi connectivity index (χ1) is 12.3. The molecule has 136 valence electrons. The van der Waals surface area contributed by atoms with E-state index in [4.69, 9.17) is 27.9 Å². The van der Waals surface area contributed by atoms with Crippen LogP contribution in [0.25, 0.3) is 0 Å². The molecule has 2 aromatic carbocycles. The van der Waals surface area contributed by atoms with Crippen molar-refractivity contribution in [1.29, 1.82) is 0 Å². The molecule has 0 unspecified atom stereocenters. The number of nitrogens with one attached hydrogen (secondary N) is 1. The third kappa shape index (κ3) is 4.93. The molecule has 0 spiro atoms. The van der Waals surface area contributed by atoms with Crippen LogP contribution >= 0.6 is 23.2 Å². The molecule has 2 aromatic rings. The van der Waals surface area contributed by atoms with Crippen molar-refractivity contribution in [1.82, 2.24) is 5.32 Å². The first-order valence-electron chi connectivity index (χ1n) is 7.44. The molecule has 2 rings (SSSR count). The fourth-order valence-electron chi connectivity index (χ4n) is 2.18. The van der Waals surface area contributed by atoms with Crippen molar-refractivity contribution in [2.24, 2.45) is 0 Å². The highest BCUT2D eigenvalue weighted by Gasteiger charge is 2.19. The van der Waals surface area contributed by atoms with Gasteiger partial charge in [0.05, 0.1) is 21.6 Å². The smallest absolute Gasteiger partial charge is 0.340 e. The number of rotatable bonds is 6. The molecule has 0 aliphatic rings. The van der Waals surface area contributed by atoms with Crippen molar-refractivity contribution < 1.29 is 19.2 Å². The molecular formula is C17H14Cl2N2O5. The Bertz CT molecular complexity index is 857. The summed E-state index contributed by atoms with van der Waals surface area (Å²) in [7, 11) is 0. The zero-order valence-corrected chi connectivity index (χ0v) is 15.1. The van der Waals surface area contributed by atoms with Crippen molar-refractivity contribution in [2.75, 3.05) is 6.61 Å².